The van der Waals surface area contributed by atoms with Crippen LogP contribution in [-0.2, 0) is 0 Å². The summed E-state index contributed by atoms with van der Waals surface area (Å²) < 4.78 is 0. The predicted octanol–water partition coefficient (Wildman–Crippen LogP) is 0.926. The maximum atomic E-state index is 4.91. The van der Waals surface area contributed by atoms with Crippen LogP contribution in [-0.4, -0.2) is 5.84 Å². The molecule has 0 aromatic heterocycles. The van der Waals surface area contributed by atoms with Gasteiger partial charge >= 0.3 is 0 Å². The number of halogens is 1. The molecule has 0 amide bonds. The van der Waals surface area contributed by atoms with Gasteiger partial charge in [0.05, 0.1) is 11.3 Å². The predicted molar refractivity (Wildman–Crippen MR) is 110 cm³/mol. The fourth-order valence-corrected chi connectivity index (χ4v) is 3.34. The summed E-state index contributed by atoms with van der Waals surface area (Å²) in [6.07, 6.45) is 0. The van der Waals surface area contributed by atoms with Gasteiger partial charge in [0.2, 0.25) is 0 Å². The van der Waals surface area contributed by atoms with Crippen LogP contribution in [0.25, 0.3) is 10.8 Å². The van der Waals surface area contributed by atoms with Crippen molar-refractivity contribution < 1.29 is 17.8 Å². The number of rotatable bonds is 3. The highest BCUT2D eigenvalue weighted by Gasteiger charge is 2.31. The summed E-state index contributed by atoms with van der Waals surface area (Å²) in [5.74, 6) is 0.938. The van der Waals surface area contributed by atoms with Crippen LogP contribution in [0.5, 0.6) is 0 Å². The molecule has 4 aromatic carbocycles. The molecule has 28 heavy (non-hydrogen) atoms. The average Bonchev–Trinajstić information content (AvgIpc) is 3.20. The number of para-hydroxylation sites is 1. The number of amidine groups is 1. The van der Waals surface area contributed by atoms with E-state index in [-0.39, 0.29) is 12.4 Å². The fraction of sp³-hybridized carbons (Fsp3) is 0. The summed E-state index contributed by atoms with van der Waals surface area (Å²) in [6, 6.07) is 35.4. The molecule has 0 radical (unpaired) electrons. The van der Waals surface area contributed by atoms with Crippen LogP contribution in [0.2, 0.25) is 0 Å². The Morgan fingerprint density at radius 1 is 0.607 bits per heavy atom. The summed E-state index contributed by atoms with van der Waals surface area (Å²) in [5.41, 5.74) is 5.28. The fourth-order valence-electron chi connectivity index (χ4n) is 3.34. The molecule has 138 valence electrons. The average molecular weight is 387 g/mol. The van der Waals surface area contributed by atoms with Crippen LogP contribution in [0, 0.1) is 0 Å². The lowest BCUT2D eigenvalue weighted by Crippen LogP contribution is -3.00. The maximum absolute atomic E-state index is 4.91. The smallest absolute Gasteiger partial charge is 0.277 e. The third kappa shape index (κ3) is 3.31. The minimum absolute atomic E-state index is 0. The first-order chi connectivity index (χ1) is 13.4. The SMILES string of the molecule is [Cl-].c1ccc(C2=NN(c3ccc4ccccc4c3)N(c3ccccc3)[NH2+]2)cc1. The third-order valence-electron chi connectivity index (χ3n) is 4.71. The molecule has 0 spiro atoms. The topological polar surface area (TPSA) is 35.5 Å². The largest absolute Gasteiger partial charge is 1.00 e. The molecular formula is C23H19ClN4. The molecule has 5 heteroatoms. The van der Waals surface area contributed by atoms with Crippen LogP contribution in [0.4, 0.5) is 11.4 Å². The minimum atomic E-state index is 0. The molecule has 1 heterocycles. The van der Waals surface area contributed by atoms with Gasteiger partial charge < -0.3 is 12.4 Å². The summed E-state index contributed by atoms with van der Waals surface area (Å²) >= 11 is 0. The molecule has 0 bridgehead atoms. The van der Waals surface area contributed by atoms with E-state index >= 15 is 0 Å². The Morgan fingerprint density at radius 3 is 2.00 bits per heavy atom. The number of fused-ring (bicyclic) bond motifs is 1. The highest BCUT2D eigenvalue weighted by Crippen LogP contribution is 2.26. The van der Waals surface area contributed by atoms with Gasteiger partial charge in [0.15, 0.2) is 0 Å². The molecule has 0 saturated heterocycles. The van der Waals surface area contributed by atoms with Crippen molar-refractivity contribution in [3.8, 4) is 0 Å². The monoisotopic (exact) mass is 386 g/mol. The van der Waals surface area contributed by atoms with Crippen LogP contribution in [0.15, 0.2) is 108 Å². The van der Waals surface area contributed by atoms with E-state index < -0.39 is 0 Å². The highest BCUT2D eigenvalue weighted by atomic mass is 35.5. The van der Waals surface area contributed by atoms with Gasteiger partial charge in [-0.15, -0.1) is 10.2 Å². The number of hydrogen-bond donors (Lipinski definition) is 1. The first-order valence-corrected chi connectivity index (χ1v) is 9.00. The summed E-state index contributed by atoms with van der Waals surface area (Å²) in [6.45, 7) is 0. The van der Waals surface area contributed by atoms with Crippen molar-refractivity contribution in [1.82, 2.24) is 0 Å². The molecule has 0 fully saturated rings. The molecule has 0 saturated carbocycles. The van der Waals surface area contributed by atoms with Crippen molar-refractivity contribution in [2.75, 3.05) is 10.2 Å². The van der Waals surface area contributed by atoms with E-state index in [2.05, 4.69) is 77.3 Å². The molecule has 0 aliphatic carbocycles. The quantitative estimate of drug-likeness (QED) is 0.532. The second kappa shape index (κ2) is 7.72. The van der Waals surface area contributed by atoms with Crippen molar-refractivity contribution in [3.63, 3.8) is 0 Å². The molecule has 4 aromatic rings. The first kappa shape index (κ1) is 18.0. The number of hydrogen-bond acceptors (Lipinski definition) is 3. The van der Waals surface area contributed by atoms with Gasteiger partial charge in [-0.2, -0.15) is 5.43 Å². The van der Waals surface area contributed by atoms with E-state index in [0.717, 1.165) is 22.8 Å². The lowest BCUT2D eigenvalue weighted by molar-refractivity contribution is -0.545. The Balaban J connectivity index is 0.00000192. The Bertz CT molecular complexity index is 1110. The van der Waals surface area contributed by atoms with Gasteiger partial charge in [-0.3, -0.25) is 0 Å². The number of hydrazone groups is 1. The van der Waals surface area contributed by atoms with E-state index in [4.69, 9.17) is 5.10 Å². The normalized spacial score (nSPS) is 13.4. The maximum Gasteiger partial charge on any atom is 0.277 e. The molecule has 2 N–H and O–H groups in total. The standard InChI is InChI=1S/C23H18N4.ClH/c1-3-10-19(11-4-1)23-24-26(21-13-5-2-6-14-21)27(25-23)22-16-15-18-9-7-8-12-20(18)17-22;/h1-17H,(H,24,25);1H. The number of quaternary nitrogens is 1. The van der Waals surface area contributed by atoms with Crippen molar-refractivity contribution in [3.05, 3.63) is 109 Å². The van der Waals surface area contributed by atoms with Gasteiger partial charge in [-0.25, -0.2) is 0 Å². The number of anilines is 2. The van der Waals surface area contributed by atoms with Crippen LogP contribution < -0.4 is 28.1 Å². The minimum Gasteiger partial charge on any atom is -1.00 e. The van der Waals surface area contributed by atoms with Gasteiger partial charge in [-0.1, -0.05) is 71.8 Å². The van der Waals surface area contributed by atoms with Crippen LogP contribution >= 0.6 is 0 Å². The highest BCUT2D eigenvalue weighted by molar-refractivity contribution is 5.94. The summed E-state index contributed by atoms with van der Waals surface area (Å²) in [4.78, 5) is 0. The van der Waals surface area contributed by atoms with Crippen molar-refractivity contribution in [1.29, 1.82) is 0 Å². The van der Waals surface area contributed by atoms with Crippen molar-refractivity contribution in [2.24, 2.45) is 5.10 Å². The number of hydrazine groups is 1. The Labute approximate surface area is 170 Å². The van der Waals surface area contributed by atoms with Crippen LogP contribution in [0.3, 0.4) is 0 Å². The summed E-state index contributed by atoms with van der Waals surface area (Å²) in [5, 5.41) is 11.4. The van der Waals surface area contributed by atoms with E-state index in [9.17, 15) is 0 Å². The van der Waals surface area contributed by atoms with Gasteiger partial charge in [0, 0.05) is 0 Å². The molecule has 1 aliphatic rings. The molecule has 1 aliphatic heterocycles. The van der Waals surface area contributed by atoms with E-state index in [1.165, 1.54) is 10.8 Å². The van der Waals surface area contributed by atoms with E-state index in [0.29, 0.717) is 0 Å². The van der Waals surface area contributed by atoms with Gasteiger partial charge in [-0.05, 0) is 47.2 Å². The molecular weight excluding hydrogens is 368 g/mol. The molecule has 0 atom stereocenters. The Morgan fingerprint density at radius 2 is 1.25 bits per heavy atom. The number of benzene rings is 4. The molecule has 0 unspecified atom stereocenters. The molecule has 4 nitrogen and oxygen atoms in total. The Hall–Kier alpha value is -3.34. The lowest BCUT2D eigenvalue weighted by atomic mass is 10.1. The second-order valence-corrected chi connectivity index (χ2v) is 6.48. The van der Waals surface area contributed by atoms with Crippen molar-refractivity contribution in [2.45, 2.75) is 0 Å². The Kier molecular flexibility index (Phi) is 4.98. The van der Waals surface area contributed by atoms with Gasteiger partial charge in [0.1, 0.15) is 5.69 Å². The van der Waals surface area contributed by atoms with Gasteiger partial charge in [0.25, 0.3) is 5.84 Å². The van der Waals surface area contributed by atoms with Crippen LogP contribution in [0.1, 0.15) is 5.56 Å². The lowest BCUT2D eigenvalue weighted by Gasteiger charge is -2.24. The zero-order valence-electron chi connectivity index (χ0n) is 15.1. The number of nitrogens with two attached hydrogens (primary N) is 1. The molecule has 5 rings (SSSR count). The third-order valence-corrected chi connectivity index (χ3v) is 4.71. The second-order valence-electron chi connectivity index (χ2n) is 6.48. The first-order valence-electron chi connectivity index (χ1n) is 9.00. The van der Waals surface area contributed by atoms with E-state index in [1.807, 2.05) is 41.5 Å². The van der Waals surface area contributed by atoms with Crippen molar-refractivity contribution >= 4 is 28.0 Å². The zero-order chi connectivity index (χ0) is 18.1. The van der Waals surface area contributed by atoms with E-state index in [1.54, 1.807) is 0 Å². The number of nitrogens with zero attached hydrogens (tertiary/aromatic N) is 3. The summed E-state index contributed by atoms with van der Waals surface area (Å²) in [7, 11) is 0. The zero-order valence-corrected chi connectivity index (χ0v) is 15.9.